The minimum atomic E-state index is -0.320. The maximum absolute atomic E-state index is 12.0. The molecule has 1 N–H and O–H groups in total. The number of hydrogen-bond acceptors (Lipinski definition) is 4. The van der Waals surface area contributed by atoms with Gasteiger partial charge >= 0.3 is 0 Å². The highest BCUT2D eigenvalue weighted by Gasteiger charge is 2.13. The first-order valence-electron chi connectivity index (χ1n) is 7.26. The summed E-state index contributed by atoms with van der Waals surface area (Å²) in [4.78, 5) is 25.6. The van der Waals surface area contributed by atoms with Gasteiger partial charge in [0.1, 0.15) is 4.60 Å². The molecule has 0 aliphatic heterocycles. The van der Waals surface area contributed by atoms with Crippen LogP contribution in [0.3, 0.4) is 0 Å². The molecule has 0 radical (unpaired) electrons. The molecule has 118 valence electrons. The van der Waals surface area contributed by atoms with Crippen molar-refractivity contribution in [3.05, 3.63) is 16.4 Å². The highest BCUT2D eigenvalue weighted by Crippen LogP contribution is 2.09. The van der Waals surface area contributed by atoms with E-state index in [4.69, 9.17) is 4.52 Å². The second kappa shape index (κ2) is 9.55. The summed E-state index contributed by atoms with van der Waals surface area (Å²) in [5.41, 5.74) is 0. The van der Waals surface area contributed by atoms with E-state index in [2.05, 4.69) is 40.3 Å². The molecule has 0 aromatic carbocycles. The quantitative estimate of drug-likeness (QED) is 0.687. The van der Waals surface area contributed by atoms with E-state index in [0.29, 0.717) is 24.0 Å². The van der Waals surface area contributed by atoms with Crippen LogP contribution in [-0.2, 0) is 4.79 Å². The first-order valence-corrected chi connectivity index (χ1v) is 8.06. The molecule has 0 saturated heterocycles. The number of carbonyl (C=O) groups excluding carboxylic acids is 2. The Kier molecular flexibility index (Phi) is 8.04. The van der Waals surface area contributed by atoms with Crippen LogP contribution in [0.25, 0.3) is 0 Å². The van der Waals surface area contributed by atoms with Crippen molar-refractivity contribution in [2.45, 2.75) is 39.5 Å². The Morgan fingerprint density at radius 2 is 2.00 bits per heavy atom. The Labute approximate surface area is 133 Å². The van der Waals surface area contributed by atoms with E-state index >= 15 is 0 Å². The van der Waals surface area contributed by atoms with Crippen molar-refractivity contribution < 1.29 is 14.1 Å². The average molecular weight is 360 g/mol. The topological polar surface area (TPSA) is 75.4 Å². The lowest BCUT2D eigenvalue weighted by molar-refractivity contribution is -0.131. The smallest absolute Gasteiger partial charge is 0.289 e. The van der Waals surface area contributed by atoms with Crippen molar-refractivity contribution in [3.63, 3.8) is 0 Å². The fourth-order valence-corrected chi connectivity index (χ4v) is 2.23. The summed E-state index contributed by atoms with van der Waals surface area (Å²) in [7, 11) is 0. The Balaban J connectivity index is 2.26. The first kappa shape index (κ1) is 17.7. The van der Waals surface area contributed by atoms with E-state index in [0.717, 1.165) is 25.9 Å². The molecule has 0 fully saturated rings. The largest absolute Gasteiger partial charge is 0.350 e. The van der Waals surface area contributed by atoms with Gasteiger partial charge in [-0.05, 0) is 35.2 Å². The predicted molar refractivity (Wildman–Crippen MR) is 82.9 cm³/mol. The van der Waals surface area contributed by atoms with Gasteiger partial charge < -0.3 is 14.7 Å². The van der Waals surface area contributed by atoms with Gasteiger partial charge in [0.05, 0.1) is 0 Å². The summed E-state index contributed by atoms with van der Waals surface area (Å²) in [6.45, 7) is 6.16. The summed E-state index contributed by atoms with van der Waals surface area (Å²) < 4.78 is 5.31. The van der Waals surface area contributed by atoms with Crippen molar-refractivity contribution in [3.8, 4) is 0 Å². The Bertz CT molecular complexity index is 456. The van der Waals surface area contributed by atoms with E-state index in [1.54, 1.807) is 0 Å². The zero-order valence-corrected chi connectivity index (χ0v) is 14.1. The Morgan fingerprint density at radius 1 is 1.33 bits per heavy atom. The number of nitrogens with zero attached hydrogens (tertiary/aromatic N) is 2. The highest BCUT2D eigenvalue weighted by atomic mass is 79.9. The van der Waals surface area contributed by atoms with Gasteiger partial charge in [-0.1, -0.05) is 19.0 Å². The number of rotatable bonds is 9. The summed E-state index contributed by atoms with van der Waals surface area (Å²) >= 11 is 3.11. The molecule has 1 rings (SSSR count). The minimum Gasteiger partial charge on any atom is -0.350 e. The van der Waals surface area contributed by atoms with Crippen LogP contribution < -0.4 is 5.32 Å². The molecule has 1 heterocycles. The van der Waals surface area contributed by atoms with Crippen molar-refractivity contribution >= 4 is 27.7 Å². The second-order valence-corrected chi connectivity index (χ2v) is 5.57. The molecule has 1 aromatic heterocycles. The lowest BCUT2D eigenvalue weighted by Gasteiger charge is -2.21. The van der Waals surface area contributed by atoms with Gasteiger partial charge in [0.25, 0.3) is 5.91 Å². The third kappa shape index (κ3) is 6.29. The number of hydrogen-bond donors (Lipinski definition) is 1. The number of amides is 2. The number of aromatic nitrogens is 1. The molecule has 0 aliphatic carbocycles. The van der Waals surface area contributed by atoms with Crippen molar-refractivity contribution in [2.75, 3.05) is 19.6 Å². The molecule has 0 unspecified atom stereocenters. The van der Waals surface area contributed by atoms with E-state index < -0.39 is 0 Å². The lowest BCUT2D eigenvalue weighted by atomic mass is 10.2. The van der Waals surface area contributed by atoms with Gasteiger partial charge in [0.15, 0.2) is 0 Å². The van der Waals surface area contributed by atoms with Gasteiger partial charge in [-0.15, -0.1) is 0 Å². The molecule has 2 amide bonds. The second-order valence-electron chi connectivity index (χ2n) is 4.75. The summed E-state index contributed by atoms with van der Waals surface area (Å²) in [6, 6.07) is 1.50. The first-order chi connectivity index (χ1) is 10.1. The van der Waals surface area contributed by atoms with E-state index in [1.807, 2.05) is 4.90 Å². The third-order valence-electron chi connectivity index (χ3n) is 2.90. The van der Waals surface area contributed by atoms with Crippen LogP contribution in [0, 0.1) is 0 Å². The normalized spacial score (nSPS) is 10.4. The van der Waals surface area contributed by atoms with E-state index in [1.165, 1.54) is 6.07 Å². The molecule has 0 aliphatic rings. The molecule has 0 saturated carbocycles. The maximum Gasteiger partial charge on any atom is 0.289 e. The summed E-state index contributed by atoms with van der Waals surface area (Å²) in [6.07, 6.45) is 2.98. The van der Waals surface area contributed by atoms with Crippen LogP contribution >= 0.6 is 15.9 Å². The average Bonchev–Trinajstić information content (AvgIpc) is 2.89. The van der Waals surface area contributed by atoms with Crippen molar-refractivity contribution in [1.29, 1.82) is 0 Å². The fraction of sp³-hybridized carbons (Fsp3) is 0.643. The number of carbonyl (C=O) groups is 2. The zero-order valence-electron chi connectivity index (χ0n) is 12.5. The van der Waals surface area contributed by atoms with Crippen LogP contribution in [0.5, 0.6) is 0 Å². The SMILES string of the molecule is CCCN(CCC)C(=O)CCCNC(=O)c1cc(Br)no1. The van der Waals surface area contributed by atoms with Gasteiger partial charge in [0, 0.05) is 32.1 Å². The molecule has 0 bridgehead atoms. The maximum atomic E-state index is 12.0. The molecular formula is C14H22BrN3O3. The monoisotopic (exact) mass is 359 g/mol. The van der Waals surface area contributed by atoms with E-state index in [9.17, 15) is 9.59 Å². The third-order valence-corrected chi connectivity index (χ3v) is 3.27. The fourth-order valence-electron chi connectivity index (χ4n) is 1.95. The zero-order chi connectivity index (χ0) is 15.7. The lowest BCUT2D eigenvalue weighted by Crippen LogP contribution is -2.33. The van der Waals surface area contributed by atoms with Crippen molar-refractivity contribution in [1.82, 2.24) is 15.4 Å². The molecule has 1 aromatic rings. The van der Waals surface area contributed by atoms with Crippen LogP contribution in [0.2, 0.25) is 0 Å². The number of nitrogens with one attached hydrogen (secondary N) is 1. The summed E-state index contributed by atoms with van der Waals surface area (Å²) in [5, 5.41) is 6.28. The predicted octanol–water partition coefficient (Wildman–Crippen LogP) is 2.60. The van der Waals surface area contributed by atoms with Crippen LogP contribution in [0.15, 0.2) is 15.2 Å². The summed E-state index contributed by atoms with van der Waals surface area (Å²) in [5.74, 6) is -0.0122. The van der Waals surface area contributed by atoms with Gasteiger partial charge in [0.2, 0.25) is 11.7 Å². The number of halogens is 1. The standard InChI is InChI=1S/C14H22BrN3O3/c1-3-8-18(9-4-2)13(19)6-5-7-16-14(20)11-10-12(15)17-21-11/h10H,3-9H2,1-2H3,(H,16,20). The van der Waals surface area contributed by atoms with E-state index in [-0.39, 0.29) is 17.6 Å². The minimum absolute atomic E-state index is 0.148. The molecule has 6 nitrogen and oxygen atoms in total. The Hall–Kier alpha value is -1.37. The molecule has 0 atom stereocenters. The molecule has 7 heteroatoms. The highest BCUT2D eigenvalue weighted by molar-refractivity contribution is 9.10. The van der Waals surface area contributed by atoms with Gasteiger partial charge in [-0.3, -0.25) is 9.59 Å². The Morgan fingerprint density at radius 3 is 2.52 bits per heavy atom. The van der Waals surface area contributed by atoms with Gasteiger partial charge in [-0.2, -0.15) is 0 Å². The molecular weight excluding hydrogens is 338 g/mol. The van der Waals surface area contributed by atoms with Gasteiger partial charge in [-0.25, -0.2) is 0 Å². The van der Waals surface area contributed by atoms with Crippen molar-refractivity contribution in [2.24, 2.45) is 0 Å². The van der Waals surface area contributed by atoms with Crippen LogP contribution in [-0.4, -0.2) is 41.5 Å². The molecule has 21 heavy (non-hydrogen) atoms. The van der Waals surface area contributed by atoms with Crippen LogP contribution in [0.4, 0.5) is 0 Å². The van der Waals surface area contributed by atoms with Crippen LogP contribution in [0.1, 0.15) is 50.1 Å². The molecule has 0 spiro atoms.